The van der Waals surface area contributed by atoms with E-state index in [9.17, 15) is 9.59 Å². The summed E-state index contributed by atoms with van der Waals surface area (Å²) in [5.41, 5.74) is 0.670. The molecule has 2 aliphatic heterocycles. The first-order valence-electron chi connectivity index (χ1n) is 9.67. The fourth-order valence-corrected chi connectivity index (χ4v) is 3.95. The van der Waals surface area contributed by atoms with E-state index < -0.39 is 0 Å². The first-order chi connectivity index (χ1) is 12.5. The molecular weight excluding hydrogens is 328 g/mol. The third kappa shape index (κ3) is 5.11. The van der Waals surface area contributed by atoms with Gasteiger partial charge in [0.25, 0.3) is 0 Å². The number of anilines is 1. The minimum absolute atomic E-state index is 0.0585. The fraction of sp³-hybridized carbons (Fsp3) is 0.650. The maximum atomic E-state index is 11.4. The van der Waals surface area contributed by atoms with Crippen molar-refractivity contribution in [2.24, 2.45) is 5.92 Å². The maximum Gasteiger partial charge on any atom is 0.161 e. The molecule has 142 valence electrons. The van der Waals surface area contributed by atoms with E-state index in [0.29, 0.717) is 12.1 Å². The lowest BCUT2D eigenvalue weighted by Gasteiger charge is -2.39. The summed E-state index contributed by atoms with van der Waals surface area (Å²) >= 11 is 0. The molecule has 2 saturated heterocycles. The van der Waals surface area contributed by atoms with Gasteiger partial charge in [-0.15, -0.1) is 0 Å². The maximum absolute atomic E-state index is 11.4. The molecular formula is C20H30N4O2. The second kappa shape index (κ2) is 8.73. The Hall–Kier alpha value is -1.79. The van der Waals surface area contributed by atoms with E-state index in [1.54, 1.807) is 20.0 Å². The van der Waals surface area contributed by atoms with Gasteiger partial charge in [0.05, 0.1) is 6.54 Å². The Morgan fingerprint density at radius 3 is 2.23 bits per heavy atom. The van der Waals surface area contributed by atoms with Gasteiger partial charge < -0.3 is 4.90 Å². The van der Waals surface area contributed by atoms with Crippen molar-refractivity contribution in [1.29, 1.82) is 0 Å². The van der Waals surface area contributed by atoms with Gasteiger partial charge in [-0.05, 0) is 57.8 Å². The number of aromatic nitrogens is 1. The molecule has 0 aliphatic carbocycles. The Morgan fingerprint density at radius 1 is 1.00 bits per heavy atom. The predicted octanol–water partition coefficient (Wildman–Crippen LogP) is 1.71. The summed E-state index contributed by atoms with van der Waals surface area (Å²) in [6, 6.07) is 3.82. The summed E-state index contributed by atoms with van der Waals surface area (Å²) in [5.74, 6) is 2.04. The molecule has 2 aliphatic rings. The van der Waals surface area contributed by atoms with Crippen LogP contribution in [0.15, 0.2) is 18.3 Å². The average Bonchev–Trinajstić information content (AvgIpc) is 2.64. The number of piperidine rings is 1. The summed E-state index contributed by atoms with van der Waals surface area (Å²) in [6.45, 7) is 11.2. The van der Waals surface area contributed by atoms with Gasteiger partial charge in [-0.3, -0.25) is 19.4 Å². The summed E-state index contributed by atoms with van der Waals surface area (Å²) in [4.78, 5) is 34.2. The van der Waals surface area contributed by atoms with Crippen LogP contribution in [0.2, 0.25) is 0 Å². The quantitative estimate of drug-likeness (QED) is 0.722. The smallest absolute Gasteiger partial charge is 0.161 e. The molecule has 0 N–H and O–H groups in total. The first kappa shape index (κ1) is 19.0. The monoisotopic (exact) mass is 358 g/mol. The number of pyridine rings is 1. The van der Waals surface area contributed by atoms with E-state index in [1.807, 2.05) is 12.1 Å². The molecule has 26 heavy (non-hydrogen) atoms. The van der Waals surface area contributed by atoms with Gasteiger partial charge in [0, 0.05) is 44.5 Å². The summed E-state index contributed by atoms with van der Waals surface area (Å²) in [6.07, 6.45) is 4.07. The SMILES string of the molecule is CC(=O)CN1CCC(CN2CCN(c3ccc(C(C)=O)cn3)CC2)CC1. The summed E-state index contributed by atoms with van der Waals surface area (Å²) in [5, 5.41) is 0. The Labute approximate surface area is 156 Å². The zero-order valence-electron chi connectivity index (χ0n) is 16.0. The van der Waals surface area contributed by atoms with Crippen LogP contribution in [0.5, 0.6) is 0 Å². The molecule has 0 bridgehead atoms. The van der Waals surface area contributed by atoms with Crippen LogP contribution in [0, 0.1) is 5.92 Å². The molecule has 3 heterocycles. The number of likely N-dealkylation sites (tertiary alicyclic amines) is 1. The number of ketones is 2. The van der Waals surface area contributed by atoms with Gasteiger partial charge in [-0.2, -0.15) is 0 Å². The number of Topliss-reactive ketones (excluding diaryl/α,β-unsaturated/α-hetero) is 2. The number of hydrogen-bond acceptors (Lipinski definition) is 6. The number of carbonyl (C=O) groups is 2. The van der Waals surface area contributed by atoms with E-state index in [-0.39, 0.29) is 11.6 Å². The topological polar surface area (TPSA) is 56.8 Å². The zero-order valence-corrected chi connectivity index (χ0v) is 16.0. The van der Waals surface area contributed by atoms with Crippen LogP contribution < -0.4 is 4.90 Å². The number of carbonyl (C=O) groups excluding carboxylic acids is 2. The van der Waals surface area contributed by atoms with Crippen molar-refractivity contribution in [1.82, 2.24) is 14.8 Å². The van der Waals surface area contributed by atoms with Crippen molar-refractivity contribution in [2.75, 3.05) is 57.3 Å². The largest absolute Gasteiger partial charge is 0.354 e. The van der Waals surface area contributed by atoms with Crippen molar-refractivity contribution >= 4 is 17.4 Å². The van der Waals surface area contributed by atoms with Crippen LogP contribution in [-0.4, -0.2) is 78.7 Å². The van der Waals surface area contributed by atoms with Crippen LogP contribution in [0.3, 0.4) is 0 Å². The second-order valence-corrected chi connectivity index (χ2v) is 7.67. The molecule has 0 spiro atoms. The van der Waals surface area contributed by atoms with E-state index in [0.717, 1.165) is 51.0 Å². The van der Waals surface area contributed by atoms with Gasteiger partial charge in [-0.25, -0.2) is 4.98 Å². The highest BCUT2D eigenvalue weighted by Crippen LogP contribution is 2.20. The molecule has 0 amide bonds. The van der Waals surface area contributed by atoms with E-state index in [4.69, 9.17) is 0 Å². The van der Waals surface area contributed by atoms with Crippen LogP contribution >= 0.6 is 0 Å². The Bertz CT molecular complexity index is 615. The third-order valence-electron chi connectivity index (χ3n) is 5.52. The molecule has 6 nitrogen and oxygen atoms in total. The predicted molar refractivity (Wildman–Crippen MR) is 103 cm³/mol. The second-order valence-electron chi connectivity index (χ2n) is 7.67. The van der Waals surface area contributed by atoms with Crippen LogP contribution in [0.4, 0.5) is 5.82 Å². The zero-order chi connectivity index (χ0) is 18.5. The molecule has 1 aromatic rings. The summed E-state index contributed by atoms with van der Waals surface area (Å²) < 4.78 is 0. The highest BCUT2D eigenvalue weighted by atomic mass is 16.1. The molecule has 1 aromatic heterocycles. The number of rotatable bonds is 6. The third-order valence-corrected chi connectivity index (χ3v) is 5.52. The molecule has 2 fully saturated rings. The highest BCUT2D eigenvalue weighted by Gasteiger charge is 2.24. The van der Waals surface area contributed by atoms with Gasteiger partial charge in [-0.1, -0.05) is 0 Å². The standard InChI is InChI=1S/C20H30N4O2/c1-16(25)14-22-7-5-18(6-8-22)15-23-9-11-24(12-10-23)20-4-3-19(13-21-20)17(2)26/h3-4,13,18H,5-12,14-15H2,1-2H3. The number of piperazine rings is 1. The minimum Gasteiger partial charge on any atom is -0.354 e. The van der Waals surface area contributed by atoms with E-state index in [2.05, 4.69) is 19.7 Å². The molecule has 0 saturated carbocycles. The van der Waals surface area contributed by atoms with Gasteiger partial charge >= 0.3 is 0 Å². The Balaban J connectivity index is 1.41. The van der Waals surface area contributed by atoms with Crippen molar-refractivity contribution in [3.05, 3.63) is 23.9 Å². The van der Waals surface area contributed by atoms with Crippen LogP contribution in [-0.2, 0) is 4.79 Å². The molecule has 3 rings (SSSR count). The van der Waals surface area contributed by atoms with Crippen molar-refractivity contribution in [3.8, 4) is 0 Å². The lowest BCUT2D eigenvalue weighted by Crippen LogP contribution is -2.49. The highest BCUT2D eigenvalue weighted by molar-refractivity contribution is 5.93. The van der Waals surface area contributed by atoms with Gasteiger partial charge in [0.15, 0.2) is 5.78 Å². The van der Waals surface area contributed by atoms with E-state index in [1.165, 1.54) is 19.4 Å². The fourth-order valence-electron chi connectivity index (χ4n) is 3.95. The van der Waals surface area contributed by atoms with Gasteiger partial charge in [0.1, 0.15) is 11.6 Å². The number of hydrogen-bond donors (Lipinski definition) is 0. The van der Waals surface area contributed by atoms with Crippen LogP contribution in [0.1, 0.15) is 37.0 Å². The lowest BCUT2D eigenvalue weighted by molar-refractivity contribution is -0.118. The molecule has 0 unspecified atom stereocenters. The summed E-state index contributed by atoms with van der Waals surface area (Å²) in [7, 11) is 0. The van der Waals surface area contributed by atoms with Crippen molar-refractivity contribution in [2.45, 2.75) is 26.7 Å². The Kier molecular flexibility index (Phi) is 6.38. The van der Waals surface area contributed by atoms with Crippen molar-refractivity contribution < 1.29 is 9.59 Å². The molecule has 0 radical (unpaired) electrons. The minimum atomic E-state index is 0.0585. The molecule has 6 heteroatoms. The molecule has 0 atom stereocenters. The van der Waals surface area contributed by atoms with E-state index >= 15 is 0 Å². The van der Waals surface area contributed by atoms with Crippen molar-refractivity contribution in [3.63, 3.8) is 0 Å². The van der Waals surface area contributed by atoms with Crippen LogP contribution in [0.25, 0.3) is 0 Å². The number of nitrogens with zero attached hydrogens (tertiary/aromatic N) is 4. The first-order valence-corrected chi connectivity index (χ1v) is 9.67. The lowest BCUT2D eigenvalue weighted by atomic mass is 9.95. The normalized spacial score (nSPS) is 20.3. The average molecular weight is 358 g/mol. The van der Waals surface area contributed by atoms with Gasteiger partial charge in [0.2, 0.25) is 0 Å². The molecule has 0 aromatic carbocycles. The Morgan fingerprint density at radius 2 is 1.69 bits per heavy atom.